The molecule has 0 aromatic heterocycles. The average Bonchev–Trinajstić information content (AvgIpc) is 3.10. The Labute approximate surface area is 134 Å². The molecule has 23 heavy (non-hydrogen) atoms. The Morgan fingerprint density at radius 3 is 2.30 bits per heavy atom. The number of amides is 2. The lowest BCUT2D eigenvalue weighted by molar-refractivity contribution is 0.0794. The highest BCUT2D eigenvalue weighted by Gasteiger charge is 2.22. The molecule has 1 N–H and O–H groups in total. The van der Waals surface area contributed by atoms with Crippen molar-refractivity contribution >= 4 is 17.7 Å². The summed E-state index contributed by atoms with van der Waals surface area (Å²) >= 11 is 0. The normalized spacial score (nSPS) is 13.7. The molecule has 0 atom stereocenters. The molecule has 1 aliphatic heterocycles. The quantitative estimate of drug-likeness (QED) is 0.943. The van der Waals surface area contributed by atoms with E-state index in [2.05, 4.69) is 5.32 Å². The molecule has 5 nitrogen and oxygen atoms in total. The van der Waals surface area contributed by atoms with Gasteiger partial charge in [0.25, 0.3) is 5.91 Å². The lowest BCUT2D eigenvalue weighted by Gasteiger charge is -2.17. The standard InChI is InChI=1S/C18H18N2O3/c21-17(20-12-6-7-13-20)15-10-4-5-11-16(15)19-18(22)23-14-8-2-1-3-9-14/h1-5,8-11H,6-7,12-13H2,(H,19,22). The summed E-state index contributed by atoms with van der Waals surface area (Å²) < 4.78 is 5.20. The number of para-hydroxylation sites is 2. The van der Waals surface area contributed by atoms with Gasteiger partial charge in [-0.3, -0.25) is 10.1 Å². The molecule has 0 unspecified atom stereocenters. The van der Waals surface area contributed by atoms with Crippen molar-refractivity contribution < 1.29 is 14.3 Å². The van der Waals surface area contributed by atoms with E-state index < -0.39 is 6.09 Å². The van der Waals surface area contributed by atoms with Crippen LogP contribution < -0.4 is 10.1 Å². The molecule has 2 aromatic carbocycles. The smallest absolute Gasteiger partial charge is 0.410 e. The van der Waals surface area contributed by atoms with Gasteiger partial charge in [-0.25, -0.2) is 4.79 Å². The van der Waals surface area contributed by atoms with Crippen molar-refractivity contribution in [2.75, 3.05) is 18.4 Å². The predicted octanol–water partition coefficient (Wildman–Crippen LogP) is 3.53. The van der Waals surface area contributed by atoms with Crippen molar-refractivity contribution in [3.8, 4) is 5.75 Å². The Morgan fingerprint density at radius 1 is 0.913 bits per heavy atom. The Bertz CT molecular complexity index is 694. The van der Waals surface area contributed by atoms with E-state index in [1.54, 1.807) is 48.5 Å². The minimum atomic E-state index is -0.613. The third-order valence-electron chi connectivity index (χ3n) is 3.74. The van der Waals surface area contributed by atoms with Crippen LogP contribution in [-0.2, 0) is 0 Å². The number of nitrogens with one attached hydrogen (secondary N) is 1. The maximum atomic E-state index is 12.5. The lowest BCUT2D eigenvalue weighted by atomic mass is 10.1. The molecule has 0 aliphatic carbocycles. The highest BCUT2D eigenvalue weighted by atomic mass is 16.6. The third-order valence-corrected chi connectivity index (χ3v) is 3.74. The van der Waals surface area contributed by atoms with E-state index in [1.807, 2.05) is 11.0 Å². The first kappa shape index (κ1) is 15.1. The zero-order valence-corrected chi connectivity index (χ0v) is 12.7. The highest BCUT2D eigenvalue weighted by Crippen LogP contribution is 2.20. The number of rotatable bonds is 3. The van der Waals surface area contributed by atoms with Gasteiger partial charge < -0.3 is 9.64 Å². The van der Waals surface area contributed by atoms with E-state index in [0.29, 0.717) is 17.0 Å². The van der Waals surface area contributed by atoms with Crippen molar-refractivity contribution in [1.29, 1.82) is 0 Å². The van der Waals surface area contributed by atoms with Gasteiger partial charge >= 0.3 is 6.09 Å². The van der Waals surface area contributed by atoms with E-state index >= 15 is 0 Å². The lowest BCUT2D eigenvalue weighted by Crippen LogP contribution is -2.29. The predicted molar refractivity (Wildman–Crippen MR) is 87.7 cm³/mol. The fourth-order valence-corrected chi connectivity index (χ4v) is 2.60. The van der Waals surface area contributed by atoms with Crippen LogP contribution in [0.25, 0.3) is 0 Å². The van der Waals surface area contributed by atoms with Crippen molar-refractivity contribution in [2.24, 2.45) is 0 Å². The molecular weight excluding hydrogens is 292 g/mol. The van der Waals surface area contributed by atoms with Crippen LogP contribution in [0.3, 0.4) is 0 Å². The molecular formula is C18H18N2O3. The number of carbonyl (C=O) groups excluding carboxylic acids is 2. The van der Waals surface area contributed by atoms with Gasteiger partial charge in [0.15, 0.2) is 0 Å². The van der Waals surface area contributed by atoms with Crippen LogP contribution in [0.2, 0.25) is 0 Å². The maximum absolute atomic E-state index is 12.5. The largest absolute Gasteiger partial charge is 0.417 e. The van der Waals surface area contributed by atoms with Crippen LogP contribution in [0.5, 0.6) is 5.75 Å². The minimum Gasteiger partial charge on any atom is -0.410 e. The topological polar surface area (TPSA) is 58.6 Å². The molecule has 0 saturated carbocycles. The molecule has 0 radical (unpaired) electrons. The number of anilines is 1. The molecule has 1 saturated heterocycles. The van der Waals surface area contributed by atoms with Gasteiger partial charge in [0.2, 0.25) is 0 Å². The number of hydrogen-bond acceptors (Lipinski definition) is 3. The fourth-order valence-electron chi connectivity index (χ4n) is 2.60. The van der Waals surface area contributed by atoms with Gasteiger partial charge in [-0.2, -0.15) is 0 Å². The summed E-state index contributed by atoms with van der Waals surface area (Å²) in [5.74, 6) is 0.395. The summed E-state index contributed by atoms with van der Waals surface area (Å²) in [7, 11) is 0. The number of benzene rings is 2. The first-order chi connectivity index (χ1) is 11.2. The van der Waals surface area contributed by atoms with Gasteiger partial charge in [-0.1, -0.05) is 30.3 Å². The highest BCUT2D eigenvalue weighted by molar-refractivity contribution is 6.02. The first-order valence-electron chi connectivity index (χ1n) is 7.66. The average molecular weight is 310 g/mol. The molecule has 0 bridgehead atoms. The summed E-state index contributed by atoms with van der Waals surface area (Å²) in [6.07, 6.45) is 1.44. The van der Waals surface area contributed by atoms with E-state index in [9.17, 15) is 9.59 Å². The molecule has 118 valence electrons. The van der Waals surface area contributed by atoms with Crippen LogP contribution in [-0.4, -0.2) is 30.0 Å². The van der Waals surface area contributed by atoms with Gasteiger partial charge in [-0.05, 0) is 37.1 Å². The van der Waals surface area contributed by atoms with Crippen molar-refractivity contribution in [2.45, 2.75) is 12.8 Å². The van der Waals surface area contributed by atoms with E-state index in [1.165, 1.54) is 0 Å². The minimum absolute atomic E-state index is 0.0573. The molecule has 1 fully saturated rings. The first-order valence-corrected chi connectivity index (χ1v) is 7.66. The Hall–Kier alpha value is -2.82. The van der Waals surface area contributed by atoms with Crippen molar-refractivity contribution in [1.82, 2.24) is 4.90 Å². The van der Waals surface area contributed by atoms with E-state index in [0.717, 1.165) is 25.9 Å². The fraction of sp³-hybridized carbons (Fsp3) is 0.222. The van der Waals surface area contributed by atoms with Crippen LogP contribution >= 0.6 is 0 Å². The molecule has 2 aromatic rings. The second kappa shape index (κ2) is 6.96. The second-order valence-electron chi connectivity index (χ2n) is 5.37. The van der Waals surface area contributed by atoms with Crippen molar-refractivity contribution in [3.05, 3.63) is 60.2 Å². The zero-order chi connectivity index (χ0) is 16.1. The molecule has 2 amide bonds. The summed E-state index contributed by atoms with van der Waals surface area (Å²) in [5.41, 5.74) is 0.949. The summed E-state index contributed by atoms with van der Waals surface area (Å²) in [6.45, 7) is 1.53. The maximum Gasteiger partial charge on any atom is 0.417 e. The number of nitrogens with zero attached hydrogens (tertiary/aromatic N) is 1. The van der Waals surface area contributed by atoms with Crippen LogP contribution in [0.4, 0.5) is 10.5 Å². The SMILES string of the molecule is O=C(Nc1ccccc1C(=O)N1CCCC1)Oc1ccccc1. The summed E-state index contributed by atoms with van der Waals surface area (Å²) in [5, 5.41) is 2.65. The zero-order valence-electron chi connectivity index (χ0n) is 12.7. The summed E-state index contributed by atoms with van der Waals surface area (Å²) in [4.78, 5) is 26.4. The van der Waals surface area contributed by atoms with E-state index in [-0.39, 0.29) is 5.91 Å². The van der Waals surface area contributed by atoms with Crippen molar-refractivity contribution in [3.63, 3.8) is 0 Å². The number of ether oxygens (including phenoxy) is 1. The molecule has 1 heterocycles. The summed E-state index contributed by atoms with van der Waals surface area (Å²) in [6, 6.07) is 15.8. The number of likely N-dealkylation sites (tertiary alicyclic amines) is 1. The van der Waals surface area contributed by atoms with Gasteiger partial charge in [0.05, 0.1) is 11.3 Å². The monoisotopic (exact) mass is 310 g/mol. The molecule has 1 aliphatic rings. The van der Waals surface area contributed by atoms with Crippen LogP contribution in [0.15, 0.2) is 54.6 Å². The van der Waals surface area contributed by atoms with Crippen LogP contribution in [0, 0.1) is 0 Å². The second-order valence-corrected chi connectivity index (χ2v) is 5.37. The van der Waals surface area contributed by atoms with Gasteiger partial charge in [-0.15, -0.1) is 0 Å². The Kier molecular flexibility index (Phi) is 4.57. The molecule has 5 heteroatoms. The molecule has 3 rings (SSSR count). The van der Waals surface area contributed by atoms with E-state index in [4.69, 9.17) is 4.74 Å². The number of carbonyl (C=O) groups is 2. The number of hydrogen-bond donors (Lipinski definition) is 1. The third kappa shape index (κ3) is 3.69. The molecule has 0 spiro atoms. The van der Waals surface area contributed by atoms with Crippen LogP contribution in [0.1, 0.15) is 23.2 Å². The Balaban J connectivity index is 1.72. The van der Waals surface area contributed by atoms with Gasteiger partial charge in [0.1, 0.15) is 5.75 Å². The Morgan fingerprint density at radius 2 is 1.57 bits per heavy atom. The van der Waals surface area contributed by atoms with Gasteiger partial charge in [0, 0.05) is 13.1 Å².